The molecule has 8 heteroatoms. The highest BCUT2D eigenvalue weighted by Gasteiger charge is 2.18. The van der Waals surface area contributed by atoms with Crippen LogP contribution in [0, 0.1) is 0 Å². The van der Waals surface area contributed by atoms with Crippen LogP contribution in [0.2, 0.25) is 0 Å². The summed E-state index contributed by atoms with van der Waals surface area (Å²) < 4.78 is 34.4. The smallest absolute Gasteiger partial charge is 0.491 e. The zero-order valence-corrected chi connectivity index (χ0v) is 18.5. The van der Waals surface area contributed by atoms with Crippen molar-refractivity contribution in [1.29, 1.82) is 0 Å². The quantitative estimate of drug-likeness (QED) is 0.269. The van der Waals surface area contributed by atoms with E-state index in [9.17, 15) is 9.00 Å². The SMILES string of the molecule is CCOC(=O)Oc1cccc2c(S(=O)CC(COc3ccccc3)OP)cccc12. The number of para-hydroxylation sites is 1. The molecule has 0 spiro atoms. The maximum absolute atomic E-state index is 13.1. The van der Waals surface area contributed by atoms with E-state index < -0.39 is 17.0 Å². The lowest BCUT2D eigenvalue weighted by molar-refractivity contribution is 0.105. The van der Waals surface area contributed by atoms with E-state index in [0.29, 0.717) is 16.0 Å². The monoisotopic (exact) mass is 446 g/mol. The third kappa shape index (κ3) is 5.79. The molecule has 6 nitrogen and oxygen atoms in total. The first-order valence-electron chi connectivity index (χ1n) is 9.40. The summed E-state index contributed by atoms with van der Waals surface area (Å²) in [6.45, 7) is 2.19. The molecule has 3 atom stereocenters. The number of carbonyl (C=O) groups excluding carboxylic acids is 1. The Labute approximate surface area is 180 Å². The molecule has 0 amide bonds. The van der Waals surface area contributed by atoms with Gasteiger partial charge in [0.1, 0.15) is 24.2 Å². The normalized spacial score (nSPS) is 12.9. The highest BCUT2D eigenvalue weighted by molar-refractivity contribution is 7.85. The van der Waals surface area contributed by atoms with E-state index >= 15 is 0 Å². The molecule has 0 N–H and O–H groups in total. The predicted molar refractivity (Wildman–Crippen MR) is 119 cm³/mol. The largest absolute Gasteiger partial charge is 0.513 e. The van der Waals surface area contributed by atoms with Crippen molar-refractivity contribution in [3.05, 3.63) is 66.7 Å². The molecular weight excluding hydrogens is 423 g/mol. The summed E-state index contributed by atoms with van der Waals surface area (Å²) >= 11 is 0. The maximum atomic E-state index is 13.1. The summed E-state index contributed by atoms with van der Waals surface area (Å²) in [6.07, 6.45) is -1.16. The predicted octanol–water partition coefficient (Wildman–Crippen LogP) is 4.74. The molecule has 3 unspecified atom stereocenters. The number of ether oxygens (including phenoxy) is 3. The van der Waals surface area contributed by atoms with Gasteiger partial charge in [-0.2, -0.15) is 0 Å². The molecule has 0 aliphatic carbocycles. The average molecular weight is 446 g/mol. The first kappa shape index (κ1) is 22.2. The fourth-order valence-corrected chi connectivity index (χ4v) is 4.53. The standard InChI is InChI=1S/C22H23O6PS/c1-2-25-22(23)27-20-12-6-11-19-18(20)10-7-13-21(19)30(24)15-17(28-29)14-26-16-8-4-3-5-9-16/h3-13,17H,2,14-15,29H2,1H3. The molecule has 3 aromatic carbocycles. The lowest BCUT2D eigenvalue weighted by Gasteiger charge is -2.17. The van der Waals surface area contributed by atoms with Crippen LogP contribution in [0.15, 0.2) is 71.6 Å². The van der Waals surface area contributed by atoms with Gasteiger partial charge in [-0.05, 0) is 31.2 Å². The Balaban J connectivity index is 1.76. The average Bonchev–Trinajstić information content (AvgIpc) is 2.77. The minimum absolute atomic E-state index is 0.223. The van der Waals surface area contributed by atoms with E-state index in [2.05, 4.69) is 9.47 Å². The van der Waals surface area contributed by atoms with Crippen LogP contribution in [-0.2, 0) is 20.1 Å². The van der Waals surface area contributed by atoms with Gasteiger partial charge in [0.15, 0.2) is 0 Å². The molecule has 0 aliphatic rings. The zero-order valence-electron chi connectivity index (χ0n) is 16.5. The van der Waals surface area contributed by atoms with Crippen molar-refractivity contribution in [3.8, 4) is 11.5 Å². The van der Waals surface area contributed by atoms with E-state index in [-0.39, 0.29) is 25.1 Å². The van der Waals surface area contributed by atoms with Gasteiger partial charge in [0.25, 0.3) is 0 Å². The molecule has 0 radical (unpaired) electrons. The maximum Gasteiger partial charge on any atom is 0.513 e. The van der Waals surface area contributed by atoms with Gasteiger partial charge >= 0.3 is 6.16 Å². The fourth-order valence-electron chi connectivity index (χ4n) is 2.87. The molecule has 0 heterocycles. The molecular formula is C22H23O6PS. The van der Waals surface area contributed by atoms with Crippen molar-refractivity contribution in [3.63, 3.8) is 0 Å². The zero-order chi connectivity index (χ0) is 21.3. The lowest BCUT2D eigenvalue weighted by Crippen LogP contribution is -2.25. The van der Waals surface area contributed by atoms with Gasteiger partial charge in [-0.3, -0.25) is 4.21 Å². The van der Waals surface area contributed by atoms with Crippen LogP contribution in [0.1, 0.15) is 6.92 Å². The van der Waals surface area contributed by atoms with E-state index in [1.807, 2.05) is 42.5 Å². The van der Waals surface area contributed by atoms with Gasteiger partial charge in [0.05, 0.1) is 23.2 Å². The summed E-state index contributed by atoms with van der Waals surface area (Å²) in [5, 5.41) is 1.42. The summed E-state index contributed by atoms with van der Waals surface area (Å²) in [5.41, 5.74) is 0. The van der Waals surface area contributed by atoms with Crippen LogP contribution in [0.5, 0.6) is 11.5 Å². The summed E-state index contributed by atoms with van der Waals surface area (Å²) in [7, 11) is 0.851. The summed E-state index contributed by atoms with van der Waals surface area (Å²) in [4.78, 5) is 12.3. The van der Waals surface area contributed by atoms with E-state index in [4.69, 9.17) is 18.7 Å². The number of benzene rings is 3. The first-order valence-corrected chi connectivity index (χ1v) is 11.2. The van der Waals surface area contributed by atoms with Crippen molar-refractivity contribution >= 4 is 37.2 Å². The Kier molecular flexibility index (Phi) is 8.20. The van der Waals surface area contributed by atoms with Crippen LogP contribution in [0.25, 0.3) is 10.8 Å². The van der Waals surface area contributed by atoms with Gasteiger partial charge in [-0.25, -0.2) is 4.79 Å². The molecule has 0 fully saturated rings. The molecule has 0 aromatic heterocycles. The number of rotatable bonds is 9. The molecule has 158 valence electrons. The molecule has 0 bridgehead atoms. The van der Waals surface area contributed by atoms with Crippen molar-refractivity contribution in [2.24, 2.45) is 0 Å². The summed E-state index contributed by atoms with van der Waals surface area (Å²) in [6, 6.07) is 20.0. The van der Waals surface area contributed by atoms with Crippen LogP contribution in [-0.4, -0.2) is 35.4 Å². The van der Waals surface area contributed by atoms with E-state index in [1.165, 1.54) is 0 Å². The molecule has 0 saturated carbocycles. The Morgan fingerprint density at radius 2 is 1.73 bits per heavy atom. The summed E-state index contributed by atoms with van der Waals surface area (Å²) in [5.74, 6) is 1.33. The second-order valence-corrected chi connectivity index (χ2v) is 8.02. The van der Waals surface area contributed by atoms with Crippen LogP contribution < -0.4 is 9.47 Å². The van der Waals surface area contributed by atoms with Gasteiger partial charge in [-0.1, -0.05) is 42.5 Å². The molecule has 3 aromatic rings. The molecule has 0 aliphatic heterocycles. The molecule has 30 heavy (non-hydrogen) atoms. The second-order valence-electron chi connectivity index (χ2n) is 6.29. The minimum Gasteiger partial charge on any atom is -0.491 e. The van der Waals surface area contributed by atoms with Crippen molar-refractivity contribution < 1.29 is 27.7 Å². The number of hydrogen-bond donors (Lipinski definition) is 0. The third-order valence-corrected chi connectivity index (χ3v) is 6.16. The first-order chi connectivity index (χ1) is 14.6. The van der Waals surface area contributed by atoms with Gasteiger partial charge in [0, 0.05) is 25.1 Å². The Bertz CT molecular complexity index is 1010. The Morgan fingerprint density at radius 3 is 2.47 bits per heavy atom. The minimum atomic E-state index is -1.36. The Hall–Kier alpha value is -2.47. The lowest BCUT2D eigenvalue weighted by atomic mass is 10.1. The molecule has 3 rings (SSSR count). The number of fused-ring (bicyclic) bond motifs is 1. The van der Waals surface area contributed by atoms with E-state index in [1.54, 1.807) is 31.2 Å². The van der Waals surface area contributed by atoms with Crippen LogP contribution >= 0.6 is 9.47 Å². The van der Waals surface area contributed by atoms with Gasteiger partial charge in [-0.15, -0.1) is 0 Å². The van der Waals surface area contributed by atoms with E-state index in [0.717, 1.165) is 11.1 Å². The highest BCUT2D eigenvalue weighted by Crippen LogP contribution is 2.30. The second kappa shape index (κ2) is 11.1. The van der Waals surface area contributed by atoms with Gasteiger partial charge < -0.3 is 18.7 Å². The fraction of sp³-hybridized carbons (Fsp3) is 0.227. The van der Waals surface area contributed by atoms with Crippen LogP contribution in [0.3, 0.4) is 0 Å². The third-order valence-electron chi connectivity index (χ3n) is 4.25. The van der Waals surface area contributed by atoms with Gasteiger partial charge in [0.2, 0.25) is 0 Å². The molecule has 0 saturated heterocycles. The Morgan fingerprint density at radius 1 is 1.00 bits per heavy atom. The van der Waals surface area contributed by atoms with Crippen LogP contribution in [0.4, 0.5) is 4.79 Å². The number of carbonyl (C=O) groups is 1. The van der Waals surface area contributed by atoms with Crippen molar-refractivity contribution in [1.82, 2.24) is 0 Å². The van der Waals surface area contributed by atoms with Crippen molar-refractivity contribution in [2.45, 2.75) is 17.9 Å². The highest BCUT2D eigenvalue weighted by atomic mass is 32.2. The van der Waals surface area contributed by atoms with Crippen molar-refractivity contribution in [2.75, 3.05) is 19.0 Å². The number of hydrogen-bond acceptors (Lipinski definition) is 6. The topological polar surface area (TPSA) is 71.1 Å².